The van der Waals surface area contributed by atoms with Crippen molar-refractivity contribution < 1.29 is 9.53 Å². The highest BCUT2D eigenvalue weighted by atomic mass is 32.2. The van der Waals surface area contributed by atoms with Gasteiger partial charge in [-0.25, -0.2) is 9.79 Å². The summed E-state index contributed by atoms with van der Waals surface area (Å²) < 4.78 is 5.07. The van der Waals surface area contributed by atoms with Crippen LogP contribution in [0.5, 0.6) is 0 Å². The van der Waals surface area contributed by atoms with Crippen molar-refractivity contribution in [2.24, 2.45) is 4.99 Å². The van der Waals surface area contributed by atoms with Crippen molar-refractivity contribution in [3.63, 3.8) is 0 Å². The van der Waals surface area contributed by atoms with E-state index in [0.29, 0.717) is 0 Å². The molecule has 1 unspecified atom stereocenters. The van der Waals surface area contributed by atoms with Crippen LogP contribution < -0.4 is 0 Å². The minimum atomic E-state index is -0.390. The second kappa shape index (κ2) is 5.87. The van der Waals surface area contributed by atoms with Crippen LogP contribution in [0.15, 0.2) is 65.2 Å². The molecule has 0 amide bonds. The van der Waals surface area contributed by atoms with Crippen LogP contribution in [0.2, 0.25) is 0 Å². The van der Waals surface area contributed by atoms with Gasteiger partial charge in [-0.15, -0.1) is 10.5 Å². The second-order valence-corrected chi connectivity index (χ2v) is 7.64. The maximum absolute atomic E-state index is 12.4. The molecule has 0 fully saturated rings. The molecule has 24 heavy (non-hydrogen) atoms. The molecule has 0 spiro atoms. The molecule has 2 aromatic carbocycles. The van der Waals surface area contributed by atoms with Gasteiger partial charge in [-0.05, 0) is 24.1 Å². The molecule has 0 bridgehead atoms. The number of fused-ring (bicyclic) bond motifs is 3. The zero-order valence-electron chi connectivity index (χ0n) is 13.6. The molecule has 0 aromatic heterocycles. The molecule has 2 heterocycles. The summed E-state index contributed by atoms with van der Waals surface area (Å²) in [5.74, 6) is 0.535. The van der Waals surface area contributed by atoms with Gasteiger partial charge in [-0.1, -0.05) is 48.5 Å². The first-order valence-corrected chi connectivity index (χ1v) is 9.20. The van der Waals surface area contributed by atoms with E-state index in [1.54, 1.807) is 0 Å². The van der Waals surface area contributed by atoms with Crippen molar-refractivity contribution in [2.75, 3.05) is 7.11 Å². The molecule has 2 aromatic rings. The Balaban J connectivity index is 1.87. The van der Waals surface area contributed by atoms with Crippen molar-refractivity contribution in [1.29, 1.82) is 0 Å². The topological polar surface area (TPSA) is 38.7 Å². The van der Waals surface area contributed by atoms with Crippen molar-refractivity contribution >= 4 is 37.6 Å². The standard InChI is InChI=1S/C20H17NO2S/c1-13-17-15-10-6-7-11-16(15)21-19(17)24(18(13)20(22)23-2)12-14-8-4-3-5-9-14/h3-11H,12H2,1-2H3. The number of hydrogen-bond donors (Lipinski definition) is 0. The quantitative estimate of drug-likeness (QED) is 0.618. The van der Waals surface area contributed by atoms with Crippen LogP contribution in [0.25, 0.3) is 5.57 Å². The molecule has 1 atom stereocenters. The van der Waals surface area contributed by atoms with E-state index in [1.807, 2.05) is 43.3 Å². The summed E-state index contributed by atoms with van der Waals surface area (Å²) in [6, 6.07) is 18.4. The minimum Gasteiger partial charge on any atom is -0.465 e. The van der Waals surface area contributed by atoms with Crippen molar-refractivity contribution in [1.82, 2.24) is 0 Å². The molecule has 4 rings (SSSR count). The third-order valence-corrected chi connectivity index (χ3v) is 6.68. The summed E-state index contributed by atoms with van der Waals surface area (Å²) in [5.41, 5.74) is 5.44. The zero-order chi connectivity index (χ0) is 16.7. The first-order valence-electron chi connectivity index (χ1n) is 7.80. The number of aliphatic imine (C=N–C) groups is 1. The Morgan fingerprint density at radius 3 is 2.54 bits per heavy atom. The molecule has 0 radical (unpaired) electrons. The third kappa shape index (κ3) is 2.26. The number of benzene rings is 2. The lowest BCUT2D eigenvalue weighted by molar-refractivity contribution is -0.132. The molecule has 4 heteroatoms. The van der Waals surface area contributed by atoms with Gasteiger partial charge in [0.1, 0.15) is 5.04 Å². The number of para-hydroxylation sites is 1. The van der Waals surface area contributed by atoms with Crippen LogP contribution in [0.3, 0.4) is 0 Å². The summed E-state index contributed by atoms with van der Waals surface area (Å²) in [5, 5.41) is 1.03. The number of hydrogen-bond acceptors (Lipinski definition) is 3. The Morgan fingerprint density at radius 1 is 1.08 bits per heavy atom. The van der Waals surface area contributed by atoms with Gasteiger partial charge in [0.05, 0.1) is 17.7 Å². The number of carbonyl (C=O) groups is 1. The molecular weight excluding hydrogens is 318 g/mol. The number of methoxy groups -OCH3 is 1. The molecule has 0 saturated heterocycles. The number of carbonyl (C=O) groups excluding carboxylic acids is 1. The Labute approximate surface area is 143 Å². The lowest BCUT2D eigenvalue weighted by Gasteiger charge is -2.10. The van der Waals surface area contributed by atoms with Gasteiger partial charge >= 0.3 is 5.97 Å². The Hall–Kier alpha value is -2.46. The van der Waals surface area contributed by atoms with E-state index in [1.165, 1.54) is 12.7 Å². The van der Waals surface area contributed by atoms with Gasteiger partial charge in [0.2, 0.25) is 0 Å². The van der Waals surface area contributed by atoms with Crippen LogP contribution in [-0.4, -0.2) is 23.0 Å². The molecule has 3 nitrogen and oxygen atoms in total. The second-order valence-electron chi connectivity index (χ2n) is 5.78. The molecule has 0 saturated carbocycles. The van der Waals surface area contributed by atoms with Crippen LogP contribution in [0.1, 0.15) is 18.1 Å². The first-order chi connectivity index (χ1) is 11.7. The van der Waals surface area contributed by atoms with E-state index in [2.05, 4.69) is 18.2 Å². The fourth-order valence-electron chi connectivity index (χ4n) is 3.23. The summed E-state index contributed by atoms with van der Waals surface area (Å²) in [4.78, 5) is 18.0. The summed E-state index contributed by atoms with van der Waals surface area (Å²) in [6.45, 7) is 2.01. The fraction of sp³-hybridized carbons (Fsp3) is 0.150. The van der Waals surface area contributed by atoms with E-state index in [0.717, 1.165) is 38.1 Å². The average molecular weight is 335 g/mol. The Morgan fingerprint density at radius 2 is 1.79 bits per heavy atom. The monoisotopic (exact) mass is 335 g/mol. The average Bonchev–Trinajstić information content (AvgIpc) is 3.12. The van der Waals surface area contributed by atoms with Gasteiger partial charge in [-0.2, -0.15) is 0 Å². The Kier molecular flexibility index (Phi) is 3.69. The molecule has 120 valence electrons. The van der Waals surface area contributed by atoms with E-state index in [-0.39, 0.29) is 16.5 Å². The highest BCUT2D eigenvalue weighted by molar-refractivity contribution is 8.30. The smallest absolute Gasteiger partial charge is 0.344 e. The van der Waals surface area contributed by atoms with Crippen molar-refractivity contribution in [3.05, 3.63) is 71.3 Å². The molecule has 2 aliphatic heterocycles. The van der Waals surface area contributed by atoms with Gasteiger partial charge in [0, 0.05) is 16.9 Å². The van der Waals surface area contributed by atoms with Crippen molar-refractivity contribution in [2.45, 2.75) is 12.7 Å². The third-order valence-electron chi connectivity index (χ3n) is 4.33. The minimum absolute atomic E-state index is 0.242. The highest BCUT2D eigenvalue weighted by Crippen LogP contribution is 2.49. The van der Waals surface area contributed by atoms with Crippen LogP contribution in [-0.2, 0) is 15.3 Å². The van der Waals surface area contributed by atoms with Crippen LogP contribution >= 0.6 is 10.5 Å². The maximum Gasteiger partial charge on any atom is 0.344 e. The van der Waals surface area contributed by atoms with E-state index in [9.17, 15) is 4.79 Å². The maximum atomic E-state index is 12.4. The van der Waals surface area contributed by atoms with Gasteiger partial charge in [-0.3, -0.25) is 0 Å². The number of esters is 1. The van der Waals surface area contributed by atoms with Crippen molar-refractivity contribution in [3.8, 4) is 0 Å². The lowest BCUT2D eigenvalue weighted by atomic mass is 10.0. The fourth-order valence-corrected chi connectivity index (χ4v) is 5.70. The number of nitrogens with zero attached hydrogens (tertiary/aromatic N) is 1. The largest absolute Gasteiger partial charge is 0.465 e. The Bertz CT molecular complexity index is 939. The zero-order valence-corrected chi connectivity index (χ0v) is 14.4. The molecule has 0 N–H and O–H groups in total. The van der Waals surface area contributed by atoms with Gasteiger partial charge in [0.15, 0.2) is 0 Å². The van der Waals surface area contributed by atoms with Gasteiger partial charge < -0.3 is 4.74 Å². The highest BCUT2D eigenvalue weighted by Gasteiger charge is 2.36. The predicted octanol–water partition coefficient (Wildman–Crippen LogP) is 4.33. The first kappa shape index (κ1) is 15.1. The van der Waals surface area contributed by atoms with E-state index in [4.69, 9.17) is 9.73 Å². The molecule has 0 aliphatic carbocycles. The summed E-state index contributed by atoms with van der Waals surface area (Å²) >= 11 is 0. The normalized spacial score (nSPS) is 18.3. The predicted molar refractivity (Wildman–Crippen MR) is 101 cm³/mol. The lowest BCUT2D eigenvalue weighted by Crippen LogP contribution is -2.16. The number of rotatable bonds is 3. The number of ether oxygens (including phenoxy) is 1. The van der Waals surface area contributed by atoms with Crippen LogP contribution in [0, 0.1) is 0 Å². The van der Waals surface area contributed by atoms with Gasteiger partial charge in [0.25, 0.3) is 0 Å². The molecule has 2 aliphatic rings. The van der Waals surface area contributed by atoms with E-state index >= 15 is 0 Å². The molecular formula is C20H17NO2S. The van der Waals surface area contributed by atoms with Crippen LogP contribution in [0.4, 0.5) is 5.69 Å². The SMILES string of the molecule is COC(=O)C1=S(Cc2ccccc2)C2=Nc3ccccc3C2=C1C. The summed E-state index contributed by atoms with van der Waals surface area (Å²) in [6.07, 6.45) is 0. The summed E-state index contributed by atoms with van der Waals surface area (Å²) in [7, 11) is 1.06. The van der Waals surface area contributed by atoms with E-state index < -0.39 is 0 Å².